The van der Waals surface area contributed by atoms with E-state index in [-0.39, 0.29) is 5.54 Å². The third kappa shape index (κ3) is 3.10. The van der Waals surface area contributed by atoms with Crippen molar-refractivity contribution >= 4 is 22.7 Å². The summed E-state index contributed by atoms with van der Waals surface area (Å²) in [5.41, 5.74) is 0.0264. The average molecular weight is 312 g/mol. The maximum Gasteiger partial charge on any atom is 0.150 e. The van der Waals surface area contributed by atoms with Crippen LogP contribution in [-0.4, -0.2) is 9.55 Å². The van der Waals surface area contributed by atoms with Crippen LogP contribution in [0.5, 0.6) is 0 Å². The zero-order chi connectivity index (χ0) is 14.9. The standard InChI is InChI=1S/C17H16N2S2/c1-17(2,3)19-11-10-18-16(19)15-9-8-14(21-15)7-6-13-5-4-12-20-13/h4-5,8-12H,1-3H3. The molecule has 0 N–H and O–H groups in total. The Morgan fingerprint density at radius 2 is 1.90 bits per heavy atom. The van der Waals surface area contributed by atoms with Gasteiger partial charge in [0.05, 0.1) is 14.6 Å². The SMILES string of the molecule is CC(C)(C)n1ccnc1-c1ccc(C#Cc2cccs2)s1. The third-order valence-electron chi connectivity index (χ3n) is 3.02. The van der Waals surface area contributed by atoms with Crippen molar-refractivity contribution < 1.29 is 0 Å². The molecule has 21 heavy (non-hydrogen) atoms. The number of aromatic nitrogens is 2. The average Bonchev–Trinajstić information content (AvgIpc) is 3.16. The van der Waals surface area contributed by atoms with Gasteiger partial charge in [-0.15, -0.1) is 22.7 Å². The first kappa shape index (κ1) is 14.1. The molecule has 3 aromatic heterocycles. The Labute approximate surface area is 133 Å². The summed E-state index contributed by atoms with van der Waals surface area (Å²) in [4.78, 5) is 7.83. The normalized spacial score (nSPS) is 11.2. The zero-order valence-electron chi connectivity index (χ0n) is 12.3. The van der Waals surface area contributed by atoms with Crippen LogP contribution >= 0.6 is 22.7 Å². The monoisotopic (exact) mass is 312 g/mol. The van der Waals surface area contributed by atoms with Crippen molar-refractivity contribution in [2.75, 3.05) is 0 Å². The van der Waals surface area contributed by atoms with Crippen LogP contribution in [0.3, 0.4) is 0 Å². The largest absolute Gasteiger partial charge is 0.325 e. The van der Waals surface area contributed by atoms with Crippen LogP contribution in [0, 0.1) is 11.8 Å². The summed E-state index contributed by atoms with van der Waals surface area (Å²) < 4.78 is 2.20. The summed E-state index contributed by atoms with van der Waals surface area (Å²) in [6.45, 7) is 6.55. The van der Waals surface area contributed by atoms with E-state index < -0.39 is 0 Å². The fourth-order valence-electron chi connectivity index (χ4n) is 2.03. The molecule has 0 aromatic carbocycles. The molecule has 0 saturated carbocycles. The molecule has 0 radical (unpaired) electrons. The lowest BCUT2D eigenvalue weighted by Gasteiger charge is -2.22. The lowest BCUT2D eigenvalue weighted by molar-refractivity contribution is 0.401. The highest BCUT2D eigenvalue weighted by atomic mass is 32.1. The number of rotatable bonds is 1. The molecule has 0 aliphatic rings. The molecule has 0 aliphatic carbocycles. The molecule has 3 heterocycles. The van der Waals surface area contributed by atoms with Gasteiger partial charge in [-0.3, -0.25) is 0 Å². The van der Waals surface area contributed by atoms with Crippen LogP contribution in [-0.2, 0) is 5.54 Å². The lowest BCUT2D eigenvalue weighted by atomic mass is 10.1. The second-order valence-electron chi connectivity index (χ2n) is 5.68. The Balaban J connectivity index is 1.91. The van der Waals surface area contributed by atoms with Gasteiger partial charge in [-0.1, -0.05) is 6.07 Å². The summed E-state index contributed by atoms with van der Waals surface area (Å²) >= 11 is 3.36. The predicted octanol–water partition coefficient (Wildman–Crippen LogP) is 4.83. The summed E-state index contributed by atoms with van der Waals surface area (Å²) in [7, 11) is 0. The molecule has 106 valence electrons. The first-order valence-electron chi connectivity index (χ1n) is 6.73. The maximum atomic E-state index is 4.50. The summed E-state index contributed by atoms with van der Waals surface area (Å²) in [5.74, 6) is 7.44. The fourth-order valence-corrected chi connectivity index (χ4v) is 3.45. The van der Waals surface area contributed by atoms with E-state index in [2.05, 4.69) is 54.3 Å². The van der Waals surface area contributed by atoms with Gasteiger partial charge in [0.25, 0.3) is 0 Å². The molecule has 0 amide bonds. The molecule has 3 aromatic rings. The highest BCUT2D eigenvalue weighted by molar-refractivity contribution is 7.16. The number of thiophene rings is 2. The first-order valence-corrected chi connectivity index (χ1v) is 8.43. The summed E-state index contributed by atoms with van der Waals surface area (Å²) in [5, 5.41) is 2.05. The van der Waals surface area contributed by atoms with Crippen LogP contribution in [0.1, 0.15) is 30.5 Å². The second kappa shape index (κ2) is 5.51. The van der Waals surface area contributed by atoms with E-state index in [4.69, 9.17) is 0 Å². The van der Waals surface area contributed by atoms with Gasteiger partial charge in [0, 0.05) is 17.9 Å². The molecule has 2 nitrogen and oxygen atoms in total. The van der Waals surface area contributed by atoms with Gasteiger partial charge in [-0.2, -0.15) is 0 Å². The molecule has 0 aliphatic heterocycles. The third-order valence-corrected chi connectivity index (χ3v) is 4.80. The van der Waals surface area contributed by atoms with Gasteiger partial charge in [-0.25, -0.2) is 4.98 Å². The van der Waals surface area contributed by atoms with Crippen molar-refractivity contribution in [3.05, 3.63) is 51.8 Å². The molecular formula is C17H16N2S2. The zero-order valence-corrected chi connectivity index (χ0v) is 13.9. The van der Waals surface area contributed by atoms with Gasteiger partial charge < -0.3 is 4.57 Å². The van der Waals surface area contributed by atoms with Crippen LogP contribution in [0.2, 0.25) is 0 Å². The Morgan fingerprint density at radius 1 is 1.10 bits per heavy atom. The Hall–Kier alpha value is -1.83. The Bertz CT molecular complexity index is 790. The van der Waals surface area contributed by atoms with Crippen molar-refractivity contribution in [1.82, 2.24) is 9.55 Å². The summed E-state index contributed by atoms with van der Waals surface area (Å²) in [6, 6.07) is 8.24. The van der Waals surface area contributed by atoms with Crippen LogP contribution in [0.4, 0.5) is 0 Å². The van der Waals surface area contributed by atoms with Crippen molar-refractivity contribution in [1.29, 1.82) is 0 Å². The lowest BCUT2D eigenvalue weighted by Crippen LogP contribution is -2.21. The van der Waals surface area contributed by atoms with E-state index in [0.29, 0.717) is 0 Å². The van der Waals surface area contributed by atoms with Crippen molar-refractivity contribution in [2.45, 2.75) is 26.3 Å². The molecule has 4 heteroatoms. The van der Waals surface area contributed by atoms with Crippen LogP contribution in [0.15, 0.2) is 42.0 Å². The molecule has 0 spiro atoms. The minimum absolute atomic E-state index is 0.0264. The van der Waals surface area contributed by atoms with Gasteiger partial charge in [0.15, 0.2) is 5.82 Å². The van der Waals surface area contributed by atoms with Gasteiger partial charge in [0.2, 0.25) is 0 Å². The molecule has 0 atom stereocenters. The Morgan fingerprint density at radius 3 is 2.62 bits per heavy atom. The van der Waals surface area contributed by atoms with E-state index in [1.165, 1.54) is 0 Å². The first-order chi connectivity index (χ1) is 10.0. The van der Waals surface area contributed by atoms with E-state index in [1.807, 2.05) is 29.9 Å². The quantitative estimate of drug-likeness (QED) is 0.589. The number of hydrogen-bond donors (Lipinski definition) is 0. The van der Waals surface area contributed by atoms with Crippen LogP contribution in [0.25, 0.3) is 10.7 Å². The highest BCUT2D eigenvalue weighted by Gasteiger charge is 2.18. The maximum absolute atomic E-state index is 4.50. The Kier molecular flexibility index (Phi) is 3.71. The molecule has 0 unspecified atom stereocenters. The van der Waals surface area contributed by atoms with Crippen molar-refractivity contribution in [2.24, 2.45) is 0 Å². The van der Waals surface area contributed by atoms with E-state index in [9.17, 15) is 0 Å². The van der Waals surface area contributed by atoms with Crippen molar-refractivity contribution in [3.8, 4) is 22.5 Å². The molecular weight excluding hydrogens is 296 g/mol. The minimum atomic E-state index is 0.0264. The number of imidazole rings is 1. The predicted molar refractivity (Wildman–Crippen MR) is 90.8 cm³/mol. The summed E-state index contributed by atoms with van der Waals surface area (Å²) in [6.07, 6.45) is 3.89. The number of nitrogens with zero attached hydrogens (tertiary/aromatic N) is 2. The van der Waals surface area contributed by atoms with E-state index in [1.54, 1.807) is 22.7 Å². The molecule has 3 rings (SSSR count). The van der Waals surface area contributed by atoms with Gasteiger partial charge >= 0.3 is 0 Å². The topological polar surface area (TPSA) is 17.8 Å². The van der Waals surface area contributed by atoms with Gasteiger partial charge in [-0.05, 0) is 56.2 Å². The van der Waals surface area contributed by atoms with E-state index >= 15 is 0 Å². The van der Waals surface area contributed by atoms with E-state index in [0.717, 1.165) is 20.5 Å². The van der Waals surface area contributed by atoms with Crippen molar-refractivity contribution in [3.63, 3.8) is 0 Å². The smallest absolute Gasteiger partial charge is 0.150 e. The van der Waals surface area contributed by atoms with Gasteiger partial charge in [0.1, 0.15) is 0 Å². The fraction of sp³-hybridized carbons (Fsp3) is 0.235. The minimum Gasteiger partial charge on any atom is -0.325 e. The second-order valence-corrected chi connectivity index (χ2v) is 7.71. The molecule has 0 saturated heterocycles. The highest BCUT2D eigenvalue weighted by Crippen LogP contribution is 2.30. The number of hydrogen-bond acceptors (Lipinski definition) is 3. The molecule has 0 bridgehead atoms. The van der Waals surface area contributed by atoms with Crippen LogP contribution < -0.4 is 0 Å². The molecule has 0 fully saturated rings.